The van der Waals surface area contributed by atoms with Gasteiger partial charge in [-0.05, 0) is 19.1 Å². The molecule has 7 nitrogen and oxygen atoms in total. The predicted octanol–water partition coefficient (Wildman–Crippen LogP) is 2.72. The average Bonchev–Trinajstić information content (AvgIpc) is 3.24. The Hall–Kier alpha value is -1.78. The van der Waals surface area contributed by atoms with Crippen molar-refractivity contribution < 1.29 is 9.32 Å². The molecule has 0 saturated heterocycles. The normalized spacial score (nSPS) is 12.8. The SMILES string of the molecule is CSc1nnc(NC(=O)c2onc3c2CCc2scnc2-3)s1. The first-order chi connectivity index (χ1) is 10.8. The van der Waals surface area contributed by atoms with E-state index < -0.39 is 0 Å². The minimum atomic E-state index is -0.351. The van der Waals surface area contributed by atoms with Crippen molar-refractivity contribution in [1.29, 1.82) is 0 Å². The number of amides is 1. The zero-order valence-electron chi connectivity index (χ0n) is 11.3. The third-order valence-corrected chi connectivity index (χ3v) is 5.97. The first-order valence-electron chi connectivity index (χ1n) is 6.36. The molecule has 0 atom stereocenters. The summed E-state index contributed by atoms with van der Waals surface area (Å²) in [6.45, 7) is 0. The van der Waals surface area contributed by atoms with Gasteiger partial charge in [0.05, 0.1) is 5.51 Å². The molecule has 0 spiro atoms. The molecular weight excluding hydrogens is 342 g/mol. The van der Waals surface area contributed by atoms with Crippen LogP contribution in [0.5, 0.6) is 0 Å². The second-order valence-electron chi connectivity index (χ2n) is 4.49. The van der Waals surface area contributed by atoms with Crippen LogP contribution in [-0.2, 0) is 12.8 Å². The minimum absolute atomic E-state index is 0.231. The van der Waals surface area contributed by atoms with E-state index in [1.54, 1.807) is 16.8 Å². The Kier molecular flexibility index (Phi) is 3.43. The lowest BCUT2D eigenvalue weighted by Crippen LogP contribution is -2.14. The summed E-state index contributed by atoms with van der Waals surface area (Å²) >= 11 is 4.41. The highest BCUT2D eigenvalue weighted by Crippen LogP contribution is 2.35. The standard InChI is InChI=1S/C12H9N5O2S3/c1-20-12-16-15-11(22-12)14-10(18)9-5-2-3-6-8(13-4-21-6)7(5)17-19-9/h4H,2-3H2,1H3,(H,14,15,18). The molecule has 112 valence electrons. The highest BCUT2D eigenvalue weighted by Gasteiger charge is 2.29. The first-order valence-corrected chi connectivity index (χ1v) is 9.28. The van der Waals surface area contributed by atoms with E-state index in [0.29, 0.717) is 10.8 Å². The maximum atomic E-state index is 12.4. The largest absolute Gasteiger partial charge is 0.350 e. The van der Waals surface area contributed by atoms with E-state index in [9.17, 15) is 4.79 Å². The number of thiazole rings is 1. The second-order valence-corrected chi connectivity index (χ2v) is 7.46. The van der Waals surface area contributed by atoms with Gasteiger partial charge < -0.3 is 4.52 Å². The number of carbonyl (C=O) groups excluding carboxylic acids is 1. The van der Waals surface area contributed by atoms with Crippen molar-refractivity contribution >= 4 is 45.5 Å². The third kappa shape index (κ3) is 2.23. The van der Waals surface area contributed by atoms with Crippen molar-refractivity contribution in [1.82, 2.24) is 20.3 Å². The summed E-state index contributed by atoms with van der Waals surface area (Å²) < 4.78 is 6.06. The van der Waals surface area contributed by atoms with Crippen molar-refractivity contribution in [3.8, 4) is 11.4 Å². The number of hydrogen-bond donors (Lipinski definition) is 1. The van der Waals surface area contributed by atoms with Crippen molar-refractivity contribution in [3.05, 3.63) is 21.7 Å². The molecule has 1 aliphatic carbocycles. The monoisotopic (exact) mass is 351 g/mol. The molecular formula is C12H9N5O2S3. The molecule has 10 heteroatoms. The Morgan fingerprint density at radius 3 is 3.09 bits per heavy atom. The quantitative estimate of drug-likeness (QED) is 0.573. The van der Waals surface area contributed by atoms with Crippen molar-refractivity contribution in [2.45, 2.75) is 17.2 Å². The summed E-state index contributed by atoms with van der Waals surface area (Å²) in [5.41, 5.74) is 4.11. The lowest BCUT2D eigenvalue weighted by molar-refractivity contribution is 0.0986. The number of nitrogens with zero attached hydrogens (tertiary/aromatic N) is 4. The Bertz CT molecular complexity index is 853. The van der Waals surface area contributed by atoms with Crippen LogP contribution in [0.2, 0.25) is 0 Å². The summed E-state index contributed by atoms with van der Waals surface area (Å²) in [5.74, 6) is -0.120. The fourth-order valence-corrected chi connectivity index (χ4v) is 4.21. The van der Waals surface area contributed by atoms with E-state index in [-0.39, 0.29) is 11.7 Å². The van der Waals surface area contributed by atoms with Gasteiger partial charge in [0.2, 0.25) is 10.9 Å². The second kappa shape index (κ2) is 5.45. The number of thioether (sulfide) groups is 1. The lowest BCUT2D eigenvalue weighted by atomic mass is 9.98. The Morgan fingerprint density at radius 1 is 1.36 bits per heavy atom. The van der Waals surface area contributed by atoms with Crippen LogP contribution in [0, 0.1) is 0 Å². The number of nitrogens with one attached hydrogen (secondary N) is 1. The summed E-state index contributed by atoms with van der Waals surface area (Å²) in [6.07, 6.45) is 3.48. The lowest BCUT2D eigenvalue weighted by Gasteiger charge is -2.08. The Balaban J connectivity index is 1.63. The molecule has 0 fully saturated rings. The number of rotatable bonds is 3. The fourth-order valence-electron chi connectivity index (χ4n) is 2.28. The molecule has 0 radical (unpaired) electrons. The van der Waals surface area contributed by atoms with Gasteiger partial charge in [-0.3, -0.25) is 10.1 Å². The van der Waals surface area contributed by atoms with Gasteiger partial charge in [-0.1, -0.05) is 28.3 Å². The highest BCUT2D eigenvalue weighted by atomic mass is 32.2. The Labute approximate surface area is 137 Å². The van der Waals surface area contributed by atoms with E-state index in [2.05, 4.69) is 25.7 Å². The van der Waals surface area contributed by atoms with Crippen LogP contribution in [-0.4, -0.2) is 32.5 Å². The van der Waals surface area contributed by atoms with Crippen LogP contribution in [0.1, 0.15) is 21.0 Å². The van der Waals surface area contributed by atoms with Crippen LogP contribution in [0.15, 0.2) is 14.4 Å². The van der Waals surface area contributed by atoms with Gasteiger partial charge in [0.25, 0.3) is 5.91 Å². The van der Waals surface area contributed by atoms with Crippen molar-refractivity contribution in [2.24, 2.45) is 0 Å². The van der Waals surface area contributed by atoms with E-state index in [1.807, 2.05) is 6.26 Å². The van der Waals surface area contributed by atoms with Crippen molar-refractivity contribution in [3.63, 3.8) is 0 Å². The molecule has 4 rings (SSSR count). The average molecular weight is 351 g/mol. The number of fused-ring (bicyclic) bond motifs is 3. The third-order valence-electron chi connectivity index (χ3n) is 3.26. The molecule has 22 heavy (non-hydrogen) atoms. The summed E-state index contributed by atoms with van der Waals surface area (Å²) in [5, 5.41) is 15.0. The number of anilines is 1. The van der Waals surface area contributed by atoms with Gasteiger partial charge in [0.1, 0.15) is 11.4 Å². The van der Waals surface area contributed by atoms with Crippen LogP contribution in [0.3, 0.4) is 0 Å². The zero-order chi connectivity index (χ0) is 15.1. The molecule has 0 saturated carbocycles. The number of hydrogen-bond acceptors (Lipinski definition) is 9. The molecule has 0 unspecified atom stereocenters. The molecule has 3 aromatic heterocycles. The number of aryl methyl sites for hydroxylation is 1. The summed E-state index contributed by atoms with van der Waals surface area (Å²) in [7, 11) is 0. The number of aromatic nitrogens is 4. The Morgan fingerprint density at radius 2 is 2.27 bits per heavy atom. The van der Waals surface area contributed by atoms with Gasteiger partial charge in [-0.25, -0.2) is 4.98 Å². The number of carbonyl (C=O) groups is 1. The van der Waals surface area contributed by atoms with E-state index >= 15 is 0 Å². The summed E-state index contributed by atoms with van der Waals surface area (Å²) in [4.78, 5) is 17.9. The van der Waals surface area contributed by atoms with E-state index in [4.69, 9.17) is 4.52 Å². The topological polar surface area (TPSA) is 93.8 Å². The van der Waals surface area contributed by atoms with Crippen LogP contribution >= 0.6 is 34.4 Å². The minimum Gasteiger partial charge on any atom is -0.350 e. The molecule has 0 bridgehead atoms. The highest BCUT2D eigenvalue weighted by molar-refractivity contribution is 8.00. The maximum absolute atomic E-state index is 12.4. The van der Waals surface area contributed by atoms with Gasteiger partial charge in [-0.15, -0.1) is 21.5 Å². The maximum Gasteiger partial charge on any atom is 0.296 e. The molecule has 1 amide bonds. The van der Waals surface area contributed by atoms with E-state index in [0.717, 1.165) is 28.4 Å². The fraction of sp³-hybridized carbons (Fsp3) is 0.250. The first kappa shape index (κ1) is 13.9. The molecule has 0 aliphatic heterocycles. The van der Waals surface area contributed by atoms with Crippen LogP contribution in [0.25, 0.3) is 11.4 Å². The van der Waals surface area contributed by atoms with Gasteiger partial charge in [0.15, 0.2) is 4.34 Å². The smallest absolute Gasteiger partial charge is 0.296 e. The molecule has 1 N–H and O–H groups in total. The predicted molar refractivity (Wildman–Crippen MR) is 84.7 cm³/mol. The van der Waals surface area contributed by atoms with Crippen LogP contribution < -0.4 is 5.32 Å². The van der Waals surface area contributed by atoms with E-state index in [1.165, 1.54) is 28.0 Å². The zero-order valence-corrected chi connectivity index (χ0v) is 13.8. The van der Waals surface area contributed by atoms with Crippen molar-refractivity contribution in [2.75, 3.05) is 11.6 Å². The van der Waals surface area contributed by atoms with Crippen LogP contribution in [0.4, 0.5) is 5.13 Å². The summed E-state index contributed by atoms with van der Waals surface area (Å²) in [6, 6.07) is 0. The molecule has 3 aromatic rings. The molecule has 3 heterocycles. The molecule has 1 aliphatic rings. The van der Waals surface area contributed by atoms with Gasteiger partial charge in [0, 0.05) is 10.4 Å². The van der Waals surface area contributed by atoms with Gasteiger partial charge >= 0.3 is 0 Å². The van der Waals surface area contributed by atoms with Gasteiger partial charge in [-0.2, -0.15) is 0 Å². The molecule has 0 aromatic carbocycles.